The molecule has 1 aromatic carbocycles. The molecule has 0 aromatic heterocycles. The molecular weight excluding hydrogens is 257 g/mol. The molecule has 1 rings (SSSR count). The number of rotatable bonds is 6. The molecule has 102 valence electrons. The average Bonchev–Trinajstić information content (AvgIpc) is 2.35. The Balaban J connectivity index is 2.98. The second-order valence-corrected chi connectivity index (χ2v) is 5.91. The fourth-order valence-electron chi connectivity index (χ4n) is 1.54. The molecule has 4 nitrogen and oxygen atoms in total. The third-order valence-electron chi connectivity index (χ3n) is 2.96. The van der Waals surface area contributed by atoms with Gasteiger partial charge in [-0.25, -0.2) is 17.5 Å². The summed E-state index contributed by atoms with van der Waals surface area (Å²) in [7, 11) is -3.94. The summed E-state index contributed by atoms with van der Waals surface area (Å²) < 4.78 is 39.7. The predicted octanol–water partition coefficient (Wildman–Crippen LogP) is 1.51. The van der Waals surface area contributed by atoms with E-state index in [0.29, 0.717) is 6.42 Å². The monoisotopic (exact) mass is 275 g/mol. The summed E-state index contributed by atoms with van der Waals surface area (Å²) in [6.45, 7) is 3.40. The minimum atomic E-state index is -3.94. The van der Waals surface area contributed by atoms with Crippen LogP contribution in [0.25, 0.3) is 0 Å². The number of sulfonamides is 1. The SMILES string of the molecule is CC[C@H](C)[C@@H](CO)NS(=O)(=O)c1ccccc1F. The Morgan fingerprint density at radius 2 is 2.00 bits per heavy atom. The van der Waals surface area contributed by atoms with Crippen LogP contribution in [-0.4, -0.2) is 26.2 Å². The van der Waals surface area contributed by atoms with E-state index in [1.54, 1.807) is 0 Å². The van der Waals surface area contributed by atoms with E-state index in [2.05, 4.69) is 4.72 Å². The summed E-state index contributed by atoms with van der Waals surface area (Å²) >= 11 is 0. The summed E-state index contributed by atoms with van der Waals surface area (Å²) in [6.07, 6.45) is 0.713. The molecule has 2 N–H and O–H groups in total. The standard InChI is InChI=1S/C12H18FNO3S/c1-3-9(2)11(8-15)14-18(16,17)12-7-5-4-6-10(12)13/h4-7,9,11,14-15H,3,8H2,1-2H3/t9-,11+/m0/s1. The van der Waals surface area contributed by atoms with Gasteiger partial charge in [0.05, 0.1) is 6.61 Å². The van der Waals surface area contributed by atoms with Crippen LogP contribution in [0.1, 0.15) is 20.3 Å². The molecule has 0 heterocycles. The average molecular weight is 275 g/mol. The van der Waals surface area contributed by atoms with Gasteiger partial charge in [-0.2, -0.15) is 0 Å². The van der Waals surface area contributed by atoms with Gasteiger partial charge in [-0.1, -0.05) is 32.4 Å². The molecular formula is C12H18FNO3S. The molecule has 0 aliphatic carbocycles. The van der Waals surface area contributed by atoms with Gasteiger partial charge in [-0.15, -0.1) is 0 Å². The number of aliphatic hydroxyl groups is 1. The van der Waals surface area contributed by atoms with E-state index in [4.69, 9.17) is 0 Å². The lowest BCUT2D eigenvalue weighted by Gasteiger charge is -2.22. The zero-order chi connectivity index (χ0) is 13.8. The fourth-order valence-corrected chi connectivity index (χ4v) is 2.96. The third kappa shape index (κ3) is 3.51. The largest absolute Gasteiger partial charge is 0.395 e. The topological polar surface area (TPSA) is 66.4 Å². The van der Waals surface area contributed by atoms with Crippen LogP contribution in [0.2, 0.25) is 0 Å². The van der Waals surface area contributed by atoms with E-state index in [0.717, 1.165) is 6.07 Å². The first kappa shape index (κ1) is 15.1. The maximum atomic E-state index is 13.4. The molecule has 0 amide bonds. The summed E-state index contributed by atoms with van der Waals surface area (Å²) in [6, 6.07) is 4.55. The van der Waals surface area contributed by atoms with Crippen LogP contribution in [0.5, 0.6) is 0 Å². The number of hydrogen-bond donors (Lipinski definition) is 2. The second kappa shape index (κ2) is 6.26. The van der Waals surface area contributed by atoms with Crippen molar-refractivity contribution in [2.45, 2.75) is 31.2 Å². The second-order valence-electron chi connectivity index (χ2n) is 4.23. The van der Waals surface area contributed by atoms with Gasteiger partial charge in [-0.3, -0.25) is 0 Å². The lowest BCUT2D eigenvalue weighted by molar-refractivity contribution is 0.219. The normalized spacial score (nSPS) is 15.3. The van der Waals surface area contributed by atoms with Gasteiger partial charge >= 0.3 is 0 Å². The maximum Gasteiger partial charge on any atom is 0.243 e. The molecule has 0 aliphatic heterocycles. The van der Waals surface area contributed by atoms with E-state index >= 15 is 0 Å². The van der Waals surface area contributed by atoms with Gasteiger partial charge in [0, 0.05) is 6.04 Å². The number of benzene rings is 1. The molecule has 2 atom stereocenters. The Hall–Kier alpha value is -0.980. The van der Waals surface area contributed by atoms with E-state index in [-0.39, 0.29) is 12.5 Å². The van der Waals surface area contributed by atoms with Gasteiger partial charge in [0.2, 0.25) is 10.0 Å². The molecule has 18 heavy (non-hydrogen) atoms. The molecule has 0 aliphatic rings. The lowest BCUT2D eigenvalue weighted by Crippen LogP contribution is -2.42. The first-order valence-corrected chi connectivity index (χ1v) is 7.28. The summed E-state index contributed by atoms with van der Waals surface area (Å²) in [5.41, 5.74) is 0. The van der Waals surface area contributed by atoms with Crippen molar-refractivity contribution in [3.63, 3.8) is 0 Å². The van der Waals surface area contributed by atoms with Crippen molar-refractivity contribution < 1.29 is 17.9 Å². The maximum absolute atomic E-state index is 13.4. The Labute approximate surface area is 107 Å². The molecule has 0 radical (unpaired) electrons. The van der Waals surface area contributed by atoms with E-state index in [9.17, 15) is 17.9 Å². The van der Waals surface area contributed by atoms with Crippen LogP contribution in [0, 0.1) is 11.7 Å². The molecule has 6 heteroatoms. The molecule has 0 bridgehead atoms. The van der Waals surface area contributed by atoms with Crippen molar-refractivity contribution in [3.05, 3.63) is 30.1 Å². The molecule has 0 saturated heterocycles. The van der Waals surface area contributed by atoms with Crippen LogP contribution in [0.3, 0.4) is 0 Å². The Kier molecular flexibility index (Phi) is 5.25. The van der Waals surface area contributed by atoms with E-state index < -0.39 is 26.8 Å². The van der Waals surface area contributed by atoms with Crippen molar-refractivity contribution in [2.75, 3.05) is 6.61 Å². The third-order valence-corrected chi connectivity index (χ3v) is 4.48. The summed E-state index contributed by atoms with van der Waals surface area (Å²) in [5, 5.41) is 9.19. The van der Waals surface area contributed by atoms with Gasteiger partial charge < -0.3 is 5.11 Å². The quantitative estimate of drug-likeness (QED) is 0.827. The highest BCUT2D eigenvalue weighted by Crippen LogP contribution is 2.16. The number of halogens is 1. The predicted molar refractivity (Wildman–Crippen MR) is 67.1 cm³/mol. The Bertz CT molecular complexity index is 490. The Morgan fingerprint density at radius 1 is 1.39 bits per heavy atom. The van der Waals surface area contributed by atoms with Gasteiger partial charge in [0.25, 0.3) is 0 Å². The molecule has 0 fully saturated rings. The number of nitrogens with one attached hydrogen (secondary N) is 1. The highest BCUT2D eigenvalue weighted by Gasteiger charge is 2.25. The van der Waals surface area contributed by atoms with Crippen molar-refractivity contribution in [1.82, 2.24) is 4.72 Å². The van der Waals surface area contributed by atoms with Crippen molar-refractivity contribution in [1.29, 1.82) is 0 Å². The number of aliphatic hydroxyl groups excluding tert-OH is 1. The highest BCUT2D eigenvalue weighted by atomic mass is 32.2. The highest BCUT2D eigenvalue weighted by molar-refractivity contribution is 7.89. The smallest absolute Gasteiger partial charge is 0.243 e. The van der Waals surface area contributed by atoms with Gasteiger partial charge in [-0.05, 0) is 18.1 Å². The van der Waals surface area contributed by atoms with Crippen LogP contribution in [0.15, 0.2) is 29.2 Å². The summed E-state index contributed by atoms with van der Waals surface area (Å²) in [5.74, 6) is -0.831. The first-order valence-electron chi connectivity index (χ1n) is 5.80. The van der Waals surface area contributed by atoms with Crippen LogP contribution in [-0.2, 0) is 10.0 Å². The minimum Gasteiger partial charge on any atom is -0.395 e. The van der Waals surface area contributed by atoms with Crippen molar-refractivity contribution >= 4 is 10.0 Å². The Morgan fingerprint density at radius 3 is 2.50 bits per heavy atom. The number of hydrogen-bond acceptors (Lipinski definition) is 3. The van der Waals surface area contributed by atoms with Crippen molar-refractivity contribution in [3.8, 4) is 0 Å². The first-order chi connectivity index (χ1) is 8.42. The molecule has 0 unspecified atom stereocenters. The van der Waals surface area contributed by atoms with Crippen LogP contribution >= 0.6 is 0 Å². The molecule has 0 spiro atoms. The minimum absolute atomic E-state index is 0.0310. The molecule has 0 saturated carbocycles. The zero-order valence-electron chi connectivity index (χ0n) is 10.4. The lowest BCUT2D eigenvalue weighted by atomic mass is 10.0. The van der Waals surface area contributed by atoms with E-state index in [1.807, 2.05) is 13.8 Å². The van der Waals surface area contributed by atoms with Crippen LogP contribution in [0.4, 0.5) is 4.39 Å². The van der Waals surface area contributed by atoms with Crippen molar-refractivity contribution in [2.24, 2.45) is 5.92 Å². The summed E-state index contributed by atoms with van der Waals surface area (Å²) in [4.78, 5) is -0.397. The fraction of sp³-hybridized carbons (Fsp3) is 0.500. The molecule has 1 aromatic rings. The van der Waals surface area contributed by atoms with Gasteiger partial charge in [0.1, 0.15) is 10.7 Å². The van der Waals surface area contributed by atoms with Crippen LogP contribution < -0.4 is 4.72 Å². The van der Waals surface area contributed by atoms with E-state index in [1.165, 1.54) is 18.2 Å². The zero-order valence-corrected chi connectivity index (χ0v) is 11.2. The van der Waals surface area contributed by atoms with Gasteiger partial charge in [0.15, 0.2) is 0 Å².